The number of rotatable bonds is 7. The lowest BCUT2D eigenvalue weighted by atomic mass is 10.0. The third-order valence-corrected chi connectivity index (χ3v) is 6.20. The Balaban J connectivity index is 1.31. The van der Waals surface area contributed by atoms with Crippen molar-refractivity contribution in [1.82, 2.24) is 15.1 Å². The molecule has 0 radical (unpaired) electrons. The number of aromatic nitrogens is 2. The van der Waals surface area contributed by atoms with E-state index >= 15 is 0 Å². The minimum absolute atomic E-state index is 0.336. The quantitative estimate of drug-likeness (QED) is 0.704. The maximum atomic E-state index is 13.5. The van der Waals surface area contributed by atoms with Gasteiger partial charge in [0.1, 0.15) is 11.6 Å². The summed E-state index contributed by atoms with van der Waals surface area (Å²) in [6.07, 6.45) is 3.45. The van der Waals surface area contributed by atoms with E-state index in [2.05, 4.69) is 20.4 Å². The van der Waals surface area contributed by atoms with Crippen LogP contribution in [0.2, 0.25) is 5.02 Å². The van der Waals surface area contributed by atoms with Gasteiger partial charge < -0.3 is 15.0 Å². The summed E-state index contributed by atoms with van der Waals surface area (Å²) in [4.78, 5) is 2.57. The summed E-state index contributed by atoms with van der Waals surface area (Å²) in [7, 11) is 1.76. The van der Waals surface area contributed by atoms with E-state index in [9.17, 15) is 4.39 Å². The van der Waals surface area contributed by atoms with Crippen LogP contribution in [-0.4, -0.2) is 54.5 Å². The van der Waals surface area contributed by atoms with Gasteiger partial charge in [0.15, 0.2) is 0 Å². The van der Waals surface area contributed by atoms with Gasteiger partial charge in [0.2, 0.25) is 0 Å². The van der Waals surface area contributed by atoms with Crippen molar-refractivity contribution in [2.45, 2.75) is 25.3 Å². The molecule has 4 rings (SSSR count). The fourth-order valence-corrected chi connectivity index (χ4v) is 4.80. The van der Waals surface area contributed by atoms with Crippen LogP contribution < -0.4 is 5.32 Å². The first-order valence-corrected chi connectivity index (χ1v) is 10.3. The maximum absolute atomic E-state index is 13.5. The maximum Gasteiger partial charge on any atom is 0.148 e. The van der Waals surface area contributed by atoms with Crippen molar-refractivity contribution in [3.05, 3.63) is 41.2 Å². The molecule has 1 N–H and O–H groups in total. The minimum Gasteiger partial charge on any atom is -0.385 e. The number of likely N-dealkylation sites (tertiary alicyclic amines) is 1. The van der Waals surface area contributed by atoms with Crippen molar-refractivity contribution in [3.63, 3.8) is 0 Å². The highest BCUT2D eigenvalue weighted by Gasteiger charge is 2.40. The molecular weight excluding hydrogens is 379 g/mol. The molecule has 28 heavy (non-hydrogen) atoms. The summed E-state index contributed by atoms with van der Waals surface area (Å²) in [5, 5.41) is 12.5. The lowest BCUT2D eigenvalue weighted by molar-refractivity contribution is 0.177. The average Bonchev–Trinajstić information content (AvgIpc) is 3.23. The van der Waals surface area contributed by atoms with Gasteiger partial charge in [0.05, 0.1) is 10.7 Å². The Morgan fingerprint density at radius 3 is 2.64 bits per heavy atom. The monoisotopic (exact) mass is 404 g/mol. The van der Waals surface area contributed by atoms with E-state index < -0.39 is 0 Å². The van der Waals surface area contributed by atoms with Crippen LogP contribution in [0.4, 0.5) is 10.2 Å². The molecule has 7 heteroatoms. The van der Waals surface area contributed by atoms with Crippen molar-refractivity contribution in [2.75, 3.05) is 38.7 Å². The molecule has 0 amide bonds. The molecule has 0 bridgehead atoms. The van der Waals surface area contributed by atoms with Crippen molar-refractivity contribution in [2.24, 2.45) is 11.8 Å². The van der Waals surface area contributed by atoms with Gasteiger partial charge in [-0.05, 0) is 61.4 Å². The first kappa shape index (κ1) is 19.6. The predicted octanol–water partition coefficient (Wildman–Crippen LogP) is 4.09. The Morgan fingerprint density at radius 1 is 1.18 bits per heavy atom. The topological polar surface area (TPSA) is 50.3 Å². The smallest absolute Gasteiger partial charge is 0.148 e. The third-order valence-electron chi connectivity index (χ3n) is 5.87. The Bertz CT molecular complexity index is 789. The molecule has 1 unspecified atom stereocenters. The summed E-state index contributed by atoms with van der Waals surface area (Å²) in [6.45, 7) is 4.35. The van der Waals surface area contributed by atoms with Gasteiger partial charge in [-0.1, -0.05) is 11.6 Å². The zero-order chi connectivity index (χ0) is 19.5. The van der Waals surface area contributed by atoms with Crippen LogP contribution in [0.25, 0.3) is 11.3 Å². The summed E-state index contributed by atoms with van der Waals surface area (Å²) in [6, 6.07) is 8.43. The molecule has 2 aliphatic rings. The highest BCUT2D eigenvalue weighted by Crippen LogP contribution is 2.39. The molecule has 0 spiro atoms. The van der Waals surface area contributed by atoms with E-state index in [1.807, 2.05) is 12.1 Å². The number of nitrogens with one attached hydrogen (secondary N) is 1. The molecule has 2 aromatic rings. The van der Waals surface area contributed by atoms with E-state index in [4.69, 9.17) is 16.3 Å². The molecule has 1 aliphatic heterocycles. The predicted molar refractivity (Wildman–Crippen MR) is 109 cm³/mol. The minimum atomic E-state index is -0.336. The first-order valence-electron chi connectivity index (χ1n) is 9.89. The standard InChI is InChI=1S/C21H26ClFN4O/c1-28-8-2-7-27-12-14-9-17(10-15(14)13-27)24-21-6-5-20(25-26-21)18-11-16(23)3-4-19(18)22/h3-6,11,14-15,17H,2,7-10,12-13H2,1H3,(H,24,26)/t14-,15?,17+/m1/s1. The first-order chi connectivity index (χ1) is 13.6. The highest BCUT2D eigenvalue weighted by atomic mass is 35.5. The van der Waals surface area contributed by atoms with Gasteiger partial charge >= 0.3 is 0 Å². The van der Waals surface area contributed by atoms with Crippen LogP contribution >= 0.6 is 11.6 Å². The second-order valence-electron chi connectivity index (χ2n) is 7.87. The number of benzene rings is 1. The van der Waals surface area contributed by atoms with Gasteiger partial charge in [-0.2, -0.15) is 0 Å². The Kier molecular flexibility index (Phi) is 6.09. The van der Waals surface area contributed by atoms with Gasteiger partial charge in [-0.25, -0.2) is 4.39 Å². The fraction of sp³-hybridized carbons (Fsp3) is 0.524. The summed E-state index contributed by atoms with van der Waals surface area (Å²) < 4.78 is 18.6. The van der Waals surface area contributed by atoms with Gasteiger partial charge in [0.25, 0.3) is 0 Å². The van der Waals surface area contributed by atoms with Crippen LogP contribution in [-0.2, 0) is 4.74 Å². The van der Waals surface area contributed by atoms with Gasteiger partial charge in [-0.3, -0.25) is 0 Å². The van der Waals surface area contributed by atoms with Crippen LogP contribution in [0, 0.1) is 17.7 Å². The number of hydrogen-bond acceptors (Lipinski definition) is 5. The van der Waals surface area contributed by atoms with Crippen molar-refractivity contribution in [1.29, 1.82) is 0 Å². The number of anilines is 1. The summed E-state index contributed by atoms with van der Waals surface area (Å²) in [5.74, 6) is 1.95. The molecule has 2 heterocycles. The van der Waals surface area contributed by atoms with E-state index in [-0.39, 0.29) is 5.82 Å². The van der Waals surface area contributed by atoms with Crippen LogP contribution in [0.5, 0.6) is 0 Å². The largest absolute Gasteiger partial charge is 0.385 e. The normalized spacial score (nSPS) is 24.5. The highest BCUT2D eigenvalue weighted by molar-refractivity contribution is 6.33. The molecule has 5 nitrogen and oxygen atoms in total. The molecule has 1 saturated heterocycles. The molecule has 1 aliphatic carbocycles. The molecule has 3 atom stereocenters. The fourth-order valence-electron chi connectivity index (χ4n) is 4.59. The van der Waals surface area contributed by atoms with Crippen LogP contribution in [0.15, 0.2) is 30.3 Å². The second kappa shape index (κ2) is 8.72. The Morgan fingerprint density at radius 2 is 1.96 bits per heavy atom. The average molecular weight is 405 g/mol. The van der Waals surface area contributed by atoms with Crippen LogP contribution in [0.1, 0.15) is 19.3 Å². The van der Waals surface area contributed by atoms with Gasteiger partial charge in [-0.15, -0.1) is 10.2 Å². The second-order valence-corrected chi connectivity index (χ2v) is 8.27. The zero-order valence-corrected chi connectivity index (χ0v) is 16.8. The molecule has 150 valence electrons. The molecule has 2 fully saturated rings. The van der Waals surface area contributed by atoms with E-state index in [1.54, 1.807) is 7.11 Å². The number of nitrogens with zero attached hydrogens (tertiary/aromatic N) is 3. The van der Waals surface area contributed by atoms with Crippen molar-refractivity contribution >= 4 is 17.4 Å². The van der Waals surface area contributed by atoms with E-state index in [0.29, 0.717) is 22.3 Å². The number of ether oxygens (including phenoxy) is 1. The van der Waals surface area contributed by atoms with Crippen LogP contribution in [0.3, 0.4) is 0 Å². The molecule has 1 aromatic carbocycles. The van der Waals surface area contributed by atoms with Crippen molar-refractivity contribution < 1.29 is 9.13 Å². The number of fused-ring (bicyclic) bond motifs is 1. The van der Waals surface area contributed by atoms with Gasteiger partial charge in [0, 0.05) is 45.0 Å². The Hall–Kier alpha value is -1.76. The zero-order valence-electron chi connectivity index (χ0n) is 16.1. The lowest BCUT2D eigenvalue weighted by Crippen LogP contribution is -2.26. The third kappa shape index (κ3) is 4.45. The van der Waals surface area contributed by atoms with E-state index in [0.717, 1.165) is 37.2 Å². The number of hydrogen-bond donors (Lipinski definition) is 1. The summed E-state index contributed by atoms with van der Waals surface area (Å²) in [5.41, 5.74) is 1.13. The van der Waals surface area contributed by atoms with Crippen molar-refractivity contribution in [3.8, 4) is 11.3 Å². The molecular formula is C21H26ClFN4O. The molecule has 1 saturated carbocycles. The lowest BCUT2D eigenvalue weighted by Gasteiger charge is -2.19. The Labute approximate surface area is 170 Å². The molecule has 1 aromatic heterocycles. The SMILES string of the molecule is COCCCN1CC2C[C@@H](Nc3ccc(-c4cc(F)ccc4Cl)nn3)C[C@@H]2C1. The number of methoxy groups -OCH3 is 1. The van der Waals surface area contributed by atoms with E-state index in [1.165, 1.54) is 44.1 Å². The number of halogens is 2. The summed E-state index contributed by atoms with van der Waals surface area (Å²) >= 11 is 6.15.